The normalized spacial score (nSPS) is 20.6. The van der Waals surface area contributed by atoms with Crippen molar-refractivity contribution in [3.63, 3.8) is 0 Å². The fraction of sp³-hybridized carbons (Fsp3) is 0.625. The summed E-state index contributed by atoms with van der Waals surface area (Å²) in [7, 11) is -3.53. The molecule has 2 saturated heterocycles. The Kier molecular flexibility index (Phi) is 5.98. The van der Waals surface area contributed by atoms with Gasteiger partial charge in [0.1, 0.15) is 4.90 Å². The zero-order chi connectivity index (χ0) is 17.9. The highest BCUT2D eigenvalue weighted by Gasteiger charge is 2.27. The molecule has 2 aliphatic rings. The van der Waals surface area contributed by atoms with Crippen molar-refractivity contribution < 1.29 is 17.9 Å². The third-order valence-corrected chi connectivity index (χ3v) is 7.30. The lowest BCUT2D eigenvalue weighted by molar-refractivity contribution is -0.129. The number of hydrogen-bond donors (Lipinski definition) is 0. The number of pyridine rings is 1. The first-order valence-corrected chi connectivity index (χ1v) is 10.8. The van der Waals surface area contributed by atoms with Gasteiger partial charge in [0, 0.05) is 32.4 Å². The number of carbonyl (C=O) groups excluding carboxylic acids is 1. The Balaban J connectivity index is 1.64. The summed E-state index contributed by atoms with van der Waals surface area (Å²) in [6, 6.07) is 3.24. The molecule has 0 aromatic carbocycles. The lowest BCUT2D eigenvalue weighted by Gasteiger charge is -2.25. The van der Waals surface area contributed by atoms with Crippen LogP contribution >= 0.6 is 11.8 Å². The lowest BCUT2D eigenvalue weighted by Crippen LogP contribution is -2.40. The monoisotopic (exact) mass is 385 g/mol. The van der Waals surface area contributed by atoms with Crippen molar-refractivity contribution in [3.8, 4) is 0 Å². The second-order valence-corrected chi connectivity index (χ2v) is 9.44. The number of sulfonamides is 1. The van der Waals surface area contributed by atoms with Gasteiger partial charge in [-0.15, -0.1) is 0 Å². The highest BCUT2D eigenvalue weighted by atomic mass is 32.2. The Morgan fingerprint density at radius 2 is 1.88 bits per heavy atom. The molecular formula is C16H23N3O4S2. The number of amides is 1. The molecule has 3 heterocycles. The quantitative estimate of drug-likeness (QED) is 0.709. The van der Waals surface area contributed by atoms with Crippen LogP contribution in [0.25, 0.3) is 0 Å². The van der Waals surface area contributed by atoms with Gasteiger partial charge in [-0.1, -0.05) is 11.8 Å². The number of likely N-dealkylation sites (tertiary alicyclic amines) is 1. The molecule has 9 heteroatoms. The van der Waals surface area contributed by atoms with E-state index >= 15 is 0 Å². The van der Waals surface area contributed by atoms with Gasteiger partial charge in [-0.2, -0.15) is 4.31 Å². The Labute approximate surface area is 152 Å². The largest absolute Gasteiger partial charge is 0.379 e. The number of nitrogens with zero attached hydrogens (tertiary/aromatic N) is 3. The van der Waals surface area contributed by atoms with Gasteiger partial charge in [-0.05, 0) is 31.9 Å². The SMILES string of the molecule is C[C@H](Sc1ccc(S(=O)(=O)N2CCOCC2)cn1)C(=O)N1CCCC1. The summed E-state index contributed by atoms with van der Waals surface area (Å²) in [5, 5.41) is 0.424. The topological polar surface area (TPSA) is 79.8 Å². The van der Waals surface area contributed by atoms with Gasteiger partial charge in [0.25, 0.3) is 0 Å². The number of ether oxygens (including phenoxy) is 1. The van der Waals surface area contributed by atoms with Gasteiger partial charge in [-0.3, -0.25) is 4.79 Å². The first kappa shape index (κ1) is 18.6. The molecule has 0 radical (unpaired) electrons. The molecule has 25 heavy (non-hydrogen) atoms. The minimum Gasteiger partial charge on any atom is -0.379 e. The summed E-state index contributed by atoms with van der Waals surface area (Å²) in [5.41, 5.74) is 0. The number of morpholine rings is 1. The van der Waals surface area contributed by atoms with E-state index < -0.39 is 10.0 Å². The van der Waals surface area contributed by atoms with Crippen molar-refractivity contribution in [2.24, 2.45) is 0 Å². The van der Waals surface area contributed by atoms with Crippen LogP contribution in [0.4, 0.5) is 0 Å². The minimum absolute atomic E-state index is 0.120. The third-order valence-electron chi connectivity index (χ3n) is 4.38. The summed E-state index contributed by atoms with van der Waals surface area (Å²) in [6.07, 6.45) is 3.51. The molecule has 0 N–H and O–H groups in total. The summed E-state index contributed by atoms with van der Waals surface area (Å²) in [6.45, 7) is 5.07. The first-order valence-electron chi connectivity index (χ1n) is 8.48. The second-order valence-electron chi connectivity index (χ2n) is 6.14. The van der Waals surface area contributed by atoms with Crippen LogP contribution in [-0.2, 0) is 19.6 Å². The van der Waals surface area contributed by atoms with E-state index in [1.54, 1.807) is 12.1 Å². The van der Waals surface area contributed by atoms with Crippen molar-refractivity contribution in [1.82, 2.24) is 14.2 Å². The van der Waals surface area contributed by atoms with Crippen molar-refractivity contribution in [2.75, 3.05) is 39.4 Å². The van der Waals surface area contributed by atoms with Crippen LogP contribution in [0.5, 0.6) is 0 Å². The standard InChI is InChI=1S/C16H23N3O4S2/c1-13(16(20)18-6-2-3-7-18)24-15-5-4-14(12-17-15)25(21,22)19-8-10-23-11-9-19/h4-5,12-13H,2-3,6-11H2,1H3/t13-/m0/s1. The maximum absolute atomic E-state index is 12.6. The summed E-state index contributed by atoms with van der Waals surface area (Å²) < 4.78 is 31.7. The Hall–Kier alpha value is -1.16. The molecule has 0 aliphatic carbocycles. The molecule has 1 atom stereocenters. The molecule has 0 spiro atoms. The number of aromatic nitrogens is 1. The van der Waals surface area contributed by atoms with Crippen LogP contribution in [-0.4, -0.2) is 73.2 Å². The predicted octanol–water partition coefficient (Wildman–Crippen LogP) is 1.21. The third kappa shape index (κ3) is 4.33. The molecular weight excluding hydrogens is 362 g/mol. The highest BCUT2D eigenvalue weighted by Crippen LogP contribution is 2.25. The summed E-state index contributed by atoms with van der Waals surface area (Å²) in [4.78, 5) is 18.7. The summed E-state index contributed by atoms with van der Waals surface area (Å²) >= 11 is 1.36. The fourth-order valence-corrected chi connectivity index (χ4v) is 5.18. The zero-order valence-electron chi connectivity index (χ0n) is 14.3. The molecule has 3 rings (SSSR count). The number of carbonyl (C=O) groups is 1. The smallest absolute Gasteiger partial charge is 0.244 e. The average Bonchev–Trinajstić information content (AvgIpc) is 3.17. The van der Waals surface area contributed by atoms with Crippen LogP contribution < -0.4 is 0 Å². The van der Waals surface area contributed by atoms with Crippen LogP contribution in [0.15, 0.2) is 28.3 Å². The summed E-state index contributed by atoms with van der Waals surface area (Å²) in [5.74, 6) is 0.120. The molecule has 2 fully saturated rings. The molecule has 1 aromatic rings. The van der Waals surface area contributed by atoms with Crippen LogP contribution in [0, 0.1) is 0 Å². The van der Waals surface area contributed by atoms with Crippen molar-refractivity contribution in [2.45, 2.75) is 34.9 Å². The van der Waals surface area contributed by atoms with E-state index in [-0.39, 0.29) is 16.1 Å². The van der Waals surface area contributed by atoms with Crippen LogP contribution in [0.1, 0.15) is 19.8 Å². The molecule has 0 unspecified atom stereocenters. The van der Waals surface area contributed by atoms with Gasteiger partial charge >= 0.3 is 0 Å². The number of rotatable bonds is 5. The average molecular weight is 386 g/mol. The maximum atomic E-state index is 12.6. The zero-order valence-corrected chi connectivity index (χ0v) is 15.9. The van der Waals surface area contributed by atoms with Crippen molar-refractivity contribution >= 4 is 27.7 Å². The number of thioether (sulfide) groups is 1. The molecule has 1 amide bonds. The van der Waals surface area contributed by atoms with E-state index in [4.69, 9.17) is 4.74 Å². The molecule has 7 nitrogen and oxygen atoms in total. The van der Waals surface area contributed by atoms with E-state index in [0.29, 0.717) is 31.3 Å². The molecule has 1 aromatic heterocycles. The van der Waals surface area contributed by atoms with E-state index in [0.717, 1.165) is 25.9 Å². The fourth-order valence-electron chi connectivity index (χ4n) is 2.95. The van der Waals surface area contributed by atoms with E-state index in [1.165, 1.54) is 22.3 Å². The second kappa shape index (κ2) is 8.03. The highest BCUT2D eigenvalue weighted by molar-refractivity contribution is 8.00. The molecule has 0 saturated carbocycles. The Morgan fingerprint density at radius 1 is 1.20 bits per heavy atom. The van der Waals surface area contributed by atoms with Crippen LogP contribution in [0.2, 0.25) is 0 Å². The number of hydrogen-bond acceptors (Lipinski definition) is 6. The van der Waals surface area contributed by atoms with Crippen LogP contribution in [0.3, 0.4) is 0 Å². The van der Waals surface area contributed by atoms with Crippen molar-refractivity contribution in [3.05, 3.63) is 18.3 Å². The Morgan fingerprint density at radius 3 is 2.48 bits per heavy atom. The maximum Gasteiger partial charge on any atom is 0.244 e. The first-order chi connectivity index (χ1) is 12.0. The van der Waals surface area contributed by atoms with Crippen molar-refractivity contribution in [1.29, 1.82) is 0 Å². The van der Waals surface area contributed by atoms with Gasteiger partial charge in [0.15, 0.2) is 0 Å². The molecule has 2 aliphatic heterocycles. The van der Waals surface area contributed by atoms with Gasteiger partial charge in [0.05, 0.1) is 23.5 Å². The van der Waals surface area contributed by atoms with Gasteiger partial charge in [-0.25, -0.2) is 13.4 Å². The van der Waals surface area contributed by atoms with E-state index in [9.17, 15) is 13.2 Å². The minimum atomic E-state index is -3.53. The van der Waals surface area contributed by atoms with Gasteiger partial charge in [0.2, 0.25) is 15.9 Å². The Bertz CT molecular complexity index is 697. The molecule has 138 valence electrons. The lowest BCUT2D eigenvalue weighted by atomic mass is 10.4. The van der Waals surface area contributed by atoms with E-state index in [2.05, 4.69) is 4.98 Å². The predicted molar refractivity (Wildman–Crippen MR) is 94.9 cm³/mol. The van der Waals surface area contributed by atoms with Gasteiger partial charge < -0.3 is 9.64 Å². The van der Waals surface area contributed by atoms with E-state index in [1.807, 2.05) is 11.8 Å². The molecule has 0 bridgehead atoms.